The van der Waals surface area contributed by atoms with Crippen molar-refractivity contribution in [2.75, 3.05) is 26.2 Å². The number of ether oxygens (including phenoxy) is 1. The van der Waals surface area contributed by atoms with E-state index in [0.717, 1.165) is 38.9 Å². The number of rotatable bonds is 6. The van der Waals surface area contributed by atoms with Gasteiger partial charge in [-0.25, -0.2) is 4.98 Å². The van der Waals surface area contributed by atoms with Gasteiger partial charge in [0.15, 0.2) is 0 Å². The Morgan fingerprint density at radius 2 is 2.20 bits per heavy atom. The van der Waals surface area contributed by atoms with Gasteiger partial charge in [-0.3, -0.25) is 4.79 Å². The van der Waals surface area contributed by atoms with Gasteiger partial charge in [-0.2, -0.15) is 0 Å². The van der Waals surface area contributed by atoms with E-state index >= 15 is 0 Å². The minimum Gasteiger partial charge on any atom is -0.470 e. The number of hydrogen-bond donors (Lipinski definition) is 2. The van der Waals surface area contributed by atoms with Gasteiger partial charge in [0.1, 0.15) is 4.88 Å². The summed E-state index contributed by atoms with van der Waals surface area (Å²) >= 11 is 1.22. The fraction of sp³-hybridized carbons (Fsp3) is 0.692. The lowest BCUT2D eigenvalue weighted by molar-refractivity contribution is 0.100. The van der Waals surface area contributed by atoms with Crippen molar-refractivity contribution in [3.8, 4) is 5.19 Å². The molecular formula is C13H22N4O2S. The topological polar surface area (TPSA) is 94.5 Å². The zero-order chi connectivity index (χ0) is 14.5. The Hall–Kier alpha value is -1.18. The van der Waals surface area contributed by atoms with Crippen LogP contribution in [0.15, 0.2) is 0 Å². The third kappa shape index (κ3) is 4.16. The summed E-state index contributed by atoms with van der Waals surface area (Å²) in [6.07, 6.45) is 3.10. The van der Waals surface area contributed by atoms with Gasteiger partial charge in [0.25, 0.3) is 11.1 Å². The fourth-order valence-electron chi connectivity index (χ4n) is 2.29. The molecule has 0 radical (unpaired) electrons. The number of likely N-dealkylation sites (tertiary alicyclic amines) is 1. The van der Waals surface area contributed by atoms with Crippen LogP contribution in [0.4, 0.5) is 0 Å². The number of nitrogens with two attached hydrogens (primary N) is 2. The van der Waals surface area contributed by atoms with E-state index in [4.69, 9.17) is 16.2 Å². The zero-order valence-electron chi connectivity index (χ0n) is 11.8. The molecule has 2 rings (SSSR count). The van der Waals surface area contributed by atoms with Crippen LogP contribution in [0.1, 0.15) is 34.6 Å². The molecule has 2 heterocycles. The smallest absolute Gasteiger partial charge is 0.274 e. The lowest BCUT2D eigenvalue weighted by atomic mass is 10.1. The van der Waals surface area contributed by atoms with E-state index < -0.39 is 5.91 Å². The highest BCUT2D eigenvalue weighted by atomic mass is 32.1. The maximum absolute atomic E-state index is 11.1. The number of thiazole rings is 1. The standard InChI is InChI=1S/C13H22N4O2S/c1-9-11(12(15)18)20-13(16-9)19-8-2-5-17-6-3-10(14)4-7-17/h10H,2-8,14H2,1H3,(H2,15,18). The van der Waals surface area contributed by atoms with Crippen molar-refractivity contribution in [3.63, 3.8) is 0 Å². The molecule has 112 valence electrons. The second-order valence-electron chi connectivity index (χ2n) is 5.14. The minimum absolute atomic E-state index is 0.369. The Labute approximate surface area is 123 Å². The van der Waals surface area contributed by atoms with Crippen LogP contribution < -0.4 is 16.2 Å². The van der Waals surface area contributed by atoms with Crippen molar-refractivity contribution in [2.24, 2.45) is 11.5 Å². The van der Waals surface area contributed by atoms with Gasteiger partial charge >= 0.3 is 0 Å². The first-order valence-corrected chi connectivity index (χ1v) is 7.76. The van der Waals surface area contributed by atoms with Crippen molar-refractivity contribution < 1.29 is 9.53 Å². The normalized spacial score (nSPS) is 17.3. The molecule has 0 spiro atoms. The predicted octanol–water partition coefficient (Wildman–Crippen LogP) is 0.742. The highest BCUT2D eigenvalue weighted by Gasteiger charge is 2.16. The largest absolute Gasteiger partial charge is 0.470 e. The number of aryl methyl sites for hydroxylation is 1. The number of nitrogens with zero attached hydrogens (tertiary/aromatic N) is 2. The summed E-state index contributed by atoms with van der Waals surface area (Å²) in [7, 11) is 0. The highest BCUT2D eigenvalue weighted by molar-refractivity contribution is 7.15. The minimum atomic E-state index is -0.445. The molecule has 0 unspecified atom stereocenters. The summed E-state index contributed by atoms with van der Waals surface area (Å²) in [5, 5.41) is 0.525. The molecule has 0 aliphatic carbocycles. The van der Waals surface area contributed by atoms with Crippen LogP contribution in [-0.4, -0.2) is 48.1 Å². The average Bonchev–Trinajstić information content (AvgIpc) is 2.78. The van der Waals surface area contributed by atoms with E-state index in [1.54, 1.807) is 6.92 Å². The SMILES string of the molecule is Cc1nc(OCCCN2CCC(N)CC2)sc1C(N)=O. The molecule has 1 aliphatic heterocycles. The van der Waals surface area contributed by atoms with Crippen molar-refractivity contribution in [3.05, 3.63) is 10.6 Å². The molecule has 1 amide bonds. The van der Waals surface area contributed by atoms with E-state index in [-0.39, 0.29) is 0 Å². The average molecular weight is 298 g/mol. The summed E-state index contributed by atoms with van der Waals surface area (Å²) in [6.45, 7) is 5.53. The number of carbonyl (C=O) groups excluding carboxylic acids is 1. The molecule has 1 aliphatic rings. The number of aromatic nitrogens is 1. The van der Waals surface area contributed by atoms with Crippen molar-refractivity contribution >= 4 is 17.2 Å². The van der Waals surface area contributed by atoms with Gasteiger partial charge < -0.3 is 21.1 Å². The van der Waals surface area contributed by atoms with Crippen molar-refractivity contribution in [1.29, 1.82) is 0 Å². The van der Waals surface area contributed by atoms with Gasteiger partial charge in [0, 0.05) is 12.6 Å². The molecule has 6 nitrogen and oxygen atoms in total. The van der Waals surface area contributed by atoms with E-state index in [1.165, 1.54) is 11.3 Å². The van der Waals surface area contributed by atoms with Crippen LogP contribution >= 0.6 is 11.3 Å². The van der Waals surface area contributed by atoms with E-state index in [9.17, 15) is 4.79 Å². The van der Waals surface area contributed by atoms with Crippen LogP contribution in [0.25, 0.3) is 0 Å². The highest BCUT2D eigenvalue weighted by Crippen LogP contribution is 2.24. The van der Waals surface area contributed by atoms with E-state index in [0.29, 0.717) is 28.4 Å². The quantitative estimate of drug-likeness (QED) is 0.755. The Kier molecular flexibility index (Phi) is 5.33. The van der Waals surface area contributed by atoms with E-state index in [2.05, 4.69) is 9.88 Å². The van der Waals surface area contributed by atoms with Gasteiger partial charge in [-0.05, 0) is 39.3 Å². The number of primary amides is 1. The molecule has 7 heteroatoms. The molecule has 0 atom stereocenters. The van der Waals surface area contributed by atoms with Crippen LogP contribution in [0.3, 0.4) is 0 Å². The van der Waals surface area contributed by atoms with Gasteiger partial charge in [0.05, 0.1) is 12.3 Å². The summed E-state index contributed by atoms with van der Waals surface area (Å²) in [5.74, 6) is -0.445. The molecule has 1 aromatic rings. The van der Waals surface area contributed by atoms with Crippen molar-refractivity contribution in [1.82, 2.24) is 9.88 Å². The van der Waals surface area contributed by atoms with Crippen LogP contribution in [0.2, 0.25) is 0 Å². The summed E-state index contributed by atoms with van der Waals surface area (Å²) in [6, 6.07) is 0.369. The first-order valence-electron chi connectivity index (χ1n) is 6.94. The third-order valence-electron chi connectivity index (χ3n) is 3.48. The Morgan fingerprint density at radius 3 is 2.80 bits per heavy atom. The summed E-state index contributed by atoms with van der Waals surface area (Å²) in [5.41, 5.74) is 11.8. The molecule has 20 heavy (non-hydrogen) atoms. The molecule has 1 aromatic heterocycles. The third-order valence-corrected chi connectivity index (χ3v) is 4.56. The second-order valence-corrected chi connectivity index (χ2v) is 6.10. The Balaban J connectivity index is 1.68. The Bertz CT molecular complexity index is 455. The number of carbonyl (C=O) groups is 1. The van der Waals surface area contributed by atoms with Crippen LogP contribution in [-0.2, 0) is 0 Å². The number of piperidine rings is 1. The maximum atomic E-state index is 11.1. The first kappa shape index (κ1) is 15.2. The van der Waals surface area contributed by atoms with Crippen LogP contribution in [0, 0.1) is 6.92 Å². The second kappa shape index (κ2) is 7.01. The molecule has 1 fully saturated rings. The summed E-state index contributed by atoms with van der Waals surface area (Å²) < 4.78 is 5.58. The monoisotopic (exact) mass is 298 g/mol. The molecule has 0 aromatic carbocycles. The fourth-order valence-corrected chi connectivity index (χ4v) is 3.08. The molecule has 0 bridgehead atoms. The van der Waals surface area contributed by atoms with Gasteiger partial charge in [0.2, 0.25) is 0 Å². The maximum Gasteiger partial charge on any atom is 0.274 e. The lowest BCUT2D eigenvalue weighted by Gasteiger charge is -2.29. The lowest BCUT2D eigenvalue weighted by Crippen LogP contribution is -2.40. The Morgan fingerprint density at radius 1 is 1.50 bits per heavy atom. The molecule has 0 saturated carbocycles. The molecule has 1 saturated heterocycles. The predicted molar refractivity (Wildman–Crippen MR) is 79.1 cm³/mol. The van der Waals surface area contributed by atoms with Crippen molar-refractivity contribution in [2.45, 2.75) is 32.2 Å². The molecular weight excluding hydrogens is 276 g/mol. The number of amides is 1. The van der Waals surface area contributed by atoms with Gasteiger partial charge in [-0.1, -0.05) is 11.3 Å². The zero-order valence-corrected chi connectivity index (χ0v) is 12.6. The first-order chi connectivity index (χ1) is 9.56. The molecule has 4 N–H and O–H groups in total. The number of hydrogen-bond acceptors (Lipinski definition) is 6. The van der Waals surface area contributed by atoms with Crippen LogP contribution in [0.5, 0.6) is 5.19 Å². The summed E-state index contributed by atoms with van der Waals surface area (Å²) in [4.78, 5) is 18.2. The van der Waals surface area contributed by atoms with Gasteiger partial charge in [-0.15, -0.1) is 0 Å². The van der Waals surface area contributed by atoms with E-state index in [1.807, 2.05) is 0 Å².